The predicted octanol–water partition coefficient (Wildman–Crippen LogP) is 3.62. The first-order valence-electron chi connectivity index (χ1n) is 8.44. The number of hydrogen-bond acceptors (Lipinski definition) is 3. The van der Waals surface area contributed by atoms with Crippen molar-refractivity contribution in [3.63, 3.8) is 0 Å². The molecule has 1 fully saturated rings. The van der Waals surface area contributed by atoms with E-state index in [0.29, 0.717) is 39.4 Å². The highest BCUT2D eigenvalue weighted by Crippen LogP contribution is 2.26. The van der Waals surface area contributed by atoms with Gasteiger partial charge in [-0.3, -0.25) is 14.4 Å². The van der Waals surface area contributed by atoms with E-state index in [1.165, 1.54) is 11.0 Å². The molecule has 0 radical (unpaired) electrons. The molecule has 0 saturated carbocycles. The summed E-state index contributed by atoms with van der Waals surface area (Å²) in [5.41, 5.74) is 0.730. The average Bonchev–Trinajstić information content (AvgIpc) is 2.66. The van der Waals surface area contributed by atoms with Crippen molar-refractivity contribution in [3.05, 3.63) is 63.1 Å². The maximum atomic E-state index is 12.8. The number of amides is 3. The molecule has 0 spiro atoms. The second-order valence-corrected chi connectivity index (χ2v) is 7.47. The lowest BCUT2D eigenvalue weighted by molar-refractivity contribution is -0.131. The Labute approximate surface area is 176 Å². The lowest BCUT2D eigenvalue weighted by Crippen LogP contribution is -2.58. The molecular weight excluding hydrogens is 425 g/mol. The van der Waals surface area contributed by atoms with Crippen molar-refractivity contribution in [2.75, 3.05) is 18.4 Å². The molecule has 146 valence electrons. The molecule has 0 aromatic heterocycles. The van der Waals surface area contributed by atoms with Crippen LogP contribution in [-0.2, 0) is 9.59 Å². The fourth-order valence-electron chi connectivity index (χ4n) is 2.89. The minimum atomic E-state index is -0.935. The molecule has 2 aromatic rings. The molecule has 3 rings (SSSR count). The van der Waals surface area contributed by atoms with Crippen LogP contribution >= 0.6 is 34.8 Å². The smallest absolute Gasteiger partial charge is 0.254 e. The SMILES string of the molecule is O=C(C[C@@H]1C(=O)NCCN1C(=O)c1ccc(Cl)cc1)Nc1cc(Cl)ccc1Cl. The summed E-state index contributed by atoms with van der Waals surface area (Å²) < 4.78 is 0. The van der Waals surface area contributed by atoms with Crippen LogP contribution in [0.3, 0.4) is 0 Å². The molecule has 0 aliphatic carbocycles. The van der Waals surface area contributed by atoms with Crippen molar-refractivity contribution < 1.29 is 14.4 Å². The van der Waals surface area contributed by atoms with E-state index in [1.54, 1.807) is 36.4 Å². The first-order valence-corrected chi connectivity index (χ1v) is 9.57. The monoisotopic (exact) mass is 439 g/mol. The number of nitrogens with one attached hydrogen (secondary N) is 2. The second kappa shape index (κ2) is 8.82. The van der Waals surface area contributed by atoms with E-state index in [4.69, 9.17) is 34.8 Å². The van der Waals surface area contributed by atoms with Crippen LogP contribution in [0.1, 0.15) is 16.8 Å². The molecule has 1 atom stereocenters. The van der Waals surface area contributed by atoms with Gasteiger partial charge in [-0.15, -0.1) is 0 Å². The van der Waals surface area contributed by atoms with E-state index < -0.39 is 11.9 Å². The molecule has 1 heterocycles. The van der Waals surface area contributed by atoms with Crippen LogP contribution in [0, 0.1) is 0 Å². The van der Waals surface area contributed by atoms with Crippen molar-refractivity contribution in [2.24, 2.45) is 0 Å². The summed E-state index contributed by atoms with van der Waals surface area (Å²) in [5.74, 6) is -1.19. The number of carbonyl (C=O) groups excluding carboxylic acids is 3. The number of halogens is 3. The number of hydrogen-bond donors (Lipinski definition) is 2. The maximum absolute atomic E-state index is 12.8. The standard InChI is InChI=1S/C19H16Cl3N3O3/c20-12-3-1-11(2-4-12)19(28)25-8-7-23-18(27)16(25)10-17(26)24-15-9-13(21)5-6-14(15)22/h1-6,9,16H,7-8,10H2,(H,23,27)(H,24,26)/t16-/m1/s1. The summed E-state index contributed by atoms with van der Waals surface area (Å²) in [6.07, 6.45) is -0.214. The van der Waals surface area contributed by atoms with Gasteiger partial charge in [0.15, 0.2) is 0 Å². The zero-order valence-corrected chi connectivity index (χ0v) is 16.8. The molecule has 0 bridgehead atoms. The molecular formula is C19H16Cl3N3O3. The van der Waals surface area contributed by atoms with Crippen LogP contribution in [-0.4, -0.2) is 41.8 Å². The van der Waals surface area contributed by atoms with Crippen LogP contribution in [0.4, 0.5) is 5.69 Å². The molecule has 1 aliphatic rings. The van der Waals surface area contributed by atoms with Gasteiger partial charge in [0.2, 0.25) is 11.8 Å². The third-order valence-corrected chi connectivity index (χ3v) is 5.08. The Balaban J connectivity index is 1.76. The largest absolute Gasteiger partial charge is 0.353 e. The number of benzene rings is 2. The molecule has 2 aromatic carbocycles. The van der Waals surface area contributed by atoms with Crippen LogP contribution in [0.2, 0.25) is 15.1 Å². The van der Waals surface area contributed by atoms with Crippen LogP contribution in [0.5, 0.6) is 0 Å². The van der Waals surface area contributed by atoms with Crippen LogP contribution in [0.25, 0.3) is 0 Å². The summed E-state index contributed by atoms with van der Waals surface area (Å²) in [6, 6.07) is 10.1. The summed E-state index contributed by atoms with van der Waals surface area (Å²) in [6.45, 7) is 0.611. The molecule has 6 nitrogen and oxygen atoms in total. The predicted molar refractivity (Wildman–Crippen MR) is 109 cm³/mol. The number of carbonyl (C=O) groups is 3. The Kier molecular flexibility index (Phi) is 6.44. The van der Waals surface area contributed by atoms with Crippen molar-refractivity contribution in [3.8, 4) is 0 Å². The van der Waals surface area contributed by atoms with Crippen molar-refractivity contribution >= 4 is 58.2 Å². The molecule has 1 saturated heterocycles. The summed E-state index contributed by atoms with van der Waals surface area (Å²) in [7, 11) is 0. The van der Waals surface area contributed by atoms with Crippen molar-refractivity contribution in [2.45, 2.75) is 12.5 Å². The normalized spacial score (nSPS) is 16.5. The highest BCUT2D eigenvalue weighted by atomic mass is 35.5. The number of nitrogens with zero attached hydrogens (tertiary/aromatic N) is 1. The van der Waals surface area contributed by atoms with Gasteiger partial charge in [0.25, 0.3) is 5.91 Å². The van der Waals surface area contributed by atoms with Gasteiger partial charge < -0.3 is 15.5 Å². The third-order valence-electron chi connectivity index (χ3n) is 4.26. The Bertz CT molecular complexity index is 918. The molecule has 1 aliphatic heterocycles. The van der Waals surface area contributed by atoms with Gasteiger partial charge in [0.1, 0.15) is 6.04 Å². The van der Waals surface area contributed by atoms with Gasteiger partial charge in [0.05, 0.1) is 17.1 Å². The van der Waals surface area contributed by atoms with Gasteiger partial charge >= 0.3 is 0 Å². The average molecular weight is 441 g/mol. The fourth-order valence-corrected chi connectivity index (χ4v) is 3.35. The van der Waals surface area contributed by atoms with Crippen LogP contribution in [0.15, 0.2) is 42.5 Å². The second-order valence-electron chi connectivity index (χ2n) is 6.19. The molecule has 28 heavy (non-hydrogen) atoms. The number of anilines is 1. The quantitative estimate of drug-likeness (QED) is 0.762. The maximum Gasteiger partial charge on any atom is 0.254 e. The molecule has 0 unspecified atom stereocenters. The zero-order valence-electron chi connectivity index (χ0n) is 14.5. The summed E-state index contributed by atoms with van der Waals surface area (Å²) in [5, 5.41) is 6.55. The number of piperazine rings is 1. The van der Waals surface area contributed by atoms with E-state index in [9.17, 15) is 14.4 Å². The van der Waals surface area contributed by atoms with E-state index in [-0.39, 0.29) is 18.2 Å². The third kappa shape index (κ3) is 4.76. The van der Waals surface area contributed by atoms with Crippen LogP contribution < -0.4 is 10.6 Å². The highest BCUT2D eigenvalue weighted by Gasteiger charge is 2.35. The first kappa shape index (κ1) is 20.5. The van der Waals surface area contributed by atoms with E-state index in [1.807, 2.05) is 0 Å². The minimum absolute atomic E-state index is 0.214. The Morgan fingerprint density at radius 2 is 1.75 bits per heavy atom. The minimum Gasteiger partial charge on any atom is -0.353 e. The molecule has 2 N–H and O–H groups in total. The van der Waals surface area contributed by atoms with Gasteiger partial charge in [-0.2, -0.15) is 0 Å². The van der Waals surface area contributed by atoms with E-state index >= 15 is 0 Å². The molecule has 3 amide bonds. The van der Waals surface area contributed by atoms with Gasteiger partial charge in [-0.1, -0.05) is 34.8 Å². The number of rotatable bonds is 4. The van der Waals surface area contributed by atoms with Crippen molar-refractivity contribution in [1.29, 1.82) is 0 Å². The van der Waals surface area contributed by atoms with Gasteiger partial charge in [-0.25, -0.2) is 0 Å². The van der Waals surface area contributed by atoms with Gasteiger partial charge in [-0.05, 0) is 42.5 Å². The van der Waals surface area contributed by atoms with E-state index in [0.717, 1.165) is 0 Å². The fraction of sp³-hybridized carbons (Fsp3) is 0.211. The van der Waals surface area contributed by atoms with Crippen molar-refractivity contribution in [1.82, 2.24) is 10.2 Å². The Morgan fingerprint density at radius 3 is 2.46 bits per heavy atom. The molecule has 9 heteroatoms. The highest BCUT2D eigenvalue weighted by molar-refractivity contribution is 6.35. The Morgan fingerprint density at radius 1 is 1.07 bits per heavy atom. The lowest BCUT2D eigenvalue weighted by Gasteiger charge is -2.34. The lowest BCUT2D eigenvalue weighted by atomic mass is 10.1. The zero-order chi connectivity index (χ0) is 20.3. The first-order chi connectivity index (χ1) is 13.3. The van der Waals surface area contributed by atoms with E-state index in [2.05, 4.69) is 10.6 Å². The summed E-state index contributed by atoms with van der Waals surface area (Å²) in [4.78, 5) is 39.1. The topological polar surface area (TPSA) is 78.5 Å². The summed E-state index contributed by atoms with van der Waals surface area (Å²) >= 11 is 17.8. The van der Waals surface area contributed by atoms with Gasteiger partial charge in [0, 0.05) is 28.7 Å². The Hall–Kier alpha value is -2.28.